The molecule has 0 radical (unpaired) electrons. The van der Waals surface area contributed by atoms with E-state index < -0.39 is 33.2 Å². The fraction of sp³-hybridized carbons (Fsp3) is 0.348. The Morgan fingerprint density at radius 1 is 1.18 bits per heavy atom. The van der Waals surface area contributed by atoms with Gasteiger partial charge in [0.1, 0.15) is 11.5 Å². The third-order valence-electron chi connectivity index (χ3n) is 5.26. The second-order valence-corrected chi connectivity index (χ2v) is 10.4. The maximum Gasteiger partial charge on any atom is 0.328 e. The van der Waals surface area contributed by atoms with Crippen molar-refractivity contribution in [2.75, 3.05) is 23.9 Å². The second-order valence-electron chi connectivity index (χ2n) is 8.96. The van der Waals surface area contributed by atoms with Crippen LogP contribution in [-0.4, -0.2) is 44.5 Å². The minimum atomic E-state index is -4.17. The molecule has 0 aromatic heterocycles. The summed E-state index contributed by atoms with van der Waals surface area (Å²) >= 11 is 0. The van der Waals surface area contributed by atoms with Crippen molar-refractivity contribution in [1.29, 1.82) is 0 Å². The van der Waals surface area contributed by atoms with Gasteiger partial charge in [0.25, 0.3) is 16.0 Å². The van der Waals surface area contributed by atoms with Crippen molar-refractivity contribution >= 4 is 39.3 Å². The molecular weight excluding hydrogens is 462 g/mol. The van der Waals surface area contributed by atoms with Crippen LogP contribution in [0.25, 0.3) is 0 Å². The zero-order valence-corrected chi connectivity index (χ0v) is 20.2. The predicted octanol–water partition coefficient (Wildman–Crippen LogP) is 3.08. The van der Waals surface area contributed by atoms with Crippen molar-refractivity contribution in [2.45, 2.75) is 38.4 Å². The largest absolute Gasteiger partial charge is 0.496 e. The number of anilines is 2. The van der Waals surface area contributed by atoms with Gasteiger partial charge >= 0.3 is 6.03 Å². The Kier molecular flexibility index (Phi) is 6.99. The van der Waals surface area contributed by atoms with Crippen molar-refractivity contribution in [3.8, 4) is 5.75 Å². The number of ether oxygens (including phenoxy) is 1. The van der Waals surface area contributed by atoms with E-state index in [2.05, 4.69) is 10.6 Å². The normalized spacial score (nSPS) is 14.6. The number of imide groups is 1. The number of amides is 4. The van der Waals surface area contributed by atoms with Gasteiger partial charge in [-0.25, -0.2) is 4.79 Å². The van der Waals surface area contributed by atoms with Crippen LogP contribution in [0.1, 0.15) is 48.7 Å². The molecule has 0 aliphatic carbocycles. The smallest absolute Gasteiger partial charge is 0.328 e. The maximum atomic E-state index is 13.3. The zero-order chi connectivity index (χ0) is 25.3. The van der Waals surface area contributed by atoms with E-state index in [9.17, 15) is 22.8 Å². The summed E-state index contributed by atoms with van der Waals surface area (Å²) in [6.07, 6.45) is 0.139. The Balaban J connectivity index is 1.99. The van der Waals surface area contributed by atoms with Gasteiger partial charge < -0.3 is 10.1 Å². The Bertz CT molecular complexity index is 1230. The van der Waals surface area contributed by atoms with Crippen molar-refractivity contribution in [3.63, 3.8) is 0 Å². The first-order chi connectivity index (χ1) is 15.8. The number of nitrogens with zero attached hydrogens (tertiary/aromatic N) is 1. The van der Waals surface area contributed by atoms with E-state index >= 15 is 0 Å². The van der Waals surface area contributed by atoms with Gasteiger partial charge in [-0.15, -0.1) is 0 Å². The van der Waals surface area contributed by atoms with Gasteiger partial charge in [-0.3, -0.25) is 24.4 Å². The Morgan fingerprint density at radius 3 is 2.35 bits per heavy atom. The average Bonchev–Trinajstić information content (AvgIpc) is 2.72. The van der Waals surface area contributed by atoms with E-state index in [0.29, 0.717) is 28.3 Å². The summed E-state index contributed by atoms with van der Waals surface area (Å²) in [7, 11) is -2.71. The fourth-order valence-corrected chi connectivity index (χ4v) is 4.23. The molecule has 1 fully saturated rings. The summed E-state index contributed by atoms with van der Waals surface area (Å²) < 4.78 is 36.7. The lowest BCUT2D eigenvalue weighted by Crippen LogP contribution is -2.49. The number of rotatable bonds is 6. The van der Waals surface area contributed by atoms with Crippen LogP contribution in [0.2, 0.25) is 0 Å². The first-order valence-electron chi connectivity index (χ1n) is 10.5. The van der Waals surface area contributed by atoms with Crippen LogP contribution in [0, 0.1) is 0 Å². The van der Waals surface area contributed by atoms with Crippen LogP contribution in [0.3, 0.4) is 0 Å². The van der Waals surface area contributed by atoms with Gasteiger partial charge in [-0.1, -0.05) is 32.9 Å². The van der Waals surface area contributed by atoms with Crippen molar-refractivity contribution in [3.05, 3.63) is 53.1 Å². The molecule has 182 valence electrons. The summed E-state index contributed by atoms with van der Waals surface area (Å²) in [5, 5.41) is 5.03. The summed E-state index contributed by atoms with van der Waals surface area (Å²) in [4.78, 5) is 38.6. The number of benzene rings is 2. The third kappa shape index (κ3) is 5.91. The summed E-state index contributed by atoms with van der Waals surface area (Å²) in [6, 6.07) is 8.73. The quantitative estimate of drug-likeness (QED) is 0.529. The van der Waals surface area contributed by atoms with E-state index in [0.717, 1.165) is 0 Å². The van der Waals surface area contributed by atoms with Crippen LogP contribution >= 0.6 is 0 Å². The van der Waals surface area contributed by atoms with Gasteiger partial charge in [0.15, 0.2) is 0 Å². The number of carbonyl (C=O) groups excluding carboxylic acids is 3. The summed E-state index contributed by atoms with van der Waals surface area (Å²) in [5.41, 5.74) is 1.67. The Hall–Kier alpha value is -3.44. The van der Waals surface area contributed by atoms with Crippen LogP contribution in [0.4, 0.5) is 16.2 Å². The first kappa shape index (κ1) is 25.2. The minimum Gasteiger partial charge on any atom is -0.496 e. The van der Waals surface area contributed by atoms with Gasteiger partial charge in [0.05, 0.1) is 12.7 Å². The molecule has 2 aromatic carbocycles. The first-order valence-corrected chi connectivity index (χ1v) is 12.1. The van der Waals surface area contributed by atoms with Gasteiger partial charge in [-0.2, -0.15) is 8.42 Å². The molecule has 34 heavy (non-hydrogen) atoms. The predicted molar refractivity (Wildman–Crippen MR) is 127 cm³/mol. The van der Waals surface area contributed by atoms with E-state index in [-0.39, 0.29) is 24.4 Å². The second kappa shape index (κ2) is 9.43. The van der Waals surface area contributed by atoms with Gasteiger partial charge in [-0.05, 0) is 35.2 Å². The molecule has 11 heteroatoms. The fourth-order valence-electron chi connectivity index (χ4n) is 3.62. The number of carbonyl (C=O) groups is 3. The number of methoxy groups -OCH3 is 1. The van der Waals surface area contributed by atoms with Crippen LogP contribution in [0.15, 0.2) is 36.4 Å². The lowest BCUT2D eigenvalue weighted by molar-refractivity contribution is -0.120. The molecule has 1 heterocycles. The van der Waals surface area contributed by atoms with Gasteiger partial charge in [0, 0.05) is 29.9 Å². The van der Waals surface area contributed by atoms with Crippen molar-refractivity contribution < 1.29 is 32.1 Å². The van der Waals surface area contributed by atoms with Crippen LogP contribution < -0.4 is 20.3 Å². The molecule has 0 saturated carbocycles. The minimum absolute atomic E-state index is 0.139. The van der Waals surface area contributed by atoms with Gasteiger partial charge in [0.2, 0.25) is 5.91 Å². The molecule has 3 rings (SSSR count). The Labute approximate surface area is 198 Å². The lowest BCUT2D eigenvalue weighted by Gasteiger charge is -2.30. The molecule has 0 bridgehead atoms. The Morgan fingerprint density at radius 2 is 1.82 bits per heavy atom. The van der Waals surface area contributed by atoms with E-state index in [1.807, 2.05) is 20.8 Å². The summed E-state index contributed by atoms with van der Waals surface area (Å²) in [5.74, 6) is -1.04. The SMILES string of the molecule is COc1c(C(=O)Nc2ccc(CS(=O)(=O)O)cc2)cc(N2CCC(=O)NC2=O)cc1C(C)(C)C. The third-order valence-corrected chi connectivity index (χ3v) is 5.96. The van der Waals surface area contributed by atoms with E-state index in [4.69, 9.17) is 9.29 Å². The van der Waals surface area contributed by atoms with Crippen molar-refractivity contribution in [1.82, 2.24) is 5.32 Å². The van der Waals surface area contributed by atoms with E-state index in [1.165, 1.54) is 42.3 Å². The monoisotopic (exact) mass is 489 g/mol. The molecule has 2 aromatic rings. The molecule has 0 spiro atoms. The summed E-state index contributed by atoms with van der Waals surface area (Å²) in [6.45, 7) is 6.02. The van der Waals surface area contributed by atoms with E-state index in [1.54, 1.807) is 6.07 Å². The van der Waals surface area contributed by atoms with Crippen LogP contribution in [0.5, 0.6) is 5.75 Å². The zero-order valence-electron chi connectivity index (χ0n) is 19.3. The number of urea groups is 1. The maximum absolute atomic E-state index is 13.3. The molecule has 4 amide bonds. The molecular formula is C23H27N3O7S. The molecule has 0 unspecified atom stereocenters. The number of hydrogen-bond acceptors (Lipinski definition) is 6. The number of nitrogens with one attached hydrogen (secondary N) is 2. The van der Waals surface area contributed by atoms with Crippen LogP contribution in [-0.2, 0) is 26.1 Å². The molecule has 1 aliphatic heterocycles. The molecule has 0 atom stereocenters. The van der Waals surface area contributed by atoms with Crippen molar-refractivity contribution in [2.24, 2.45) is 0 Å². The average molecular weight is 490 g/mol. The topological polar surface area (TPSA) is 142 Å². The standard InChI is InChI=1S/C23H27N3O7S/c1-23(2,3)18-12-16(26-10-9-19(27)25-22(26)29)11-17(20(18)33-4)21(28)24-15-7-5-14(6-8-15)13-34(30,31)32/h5-8,11-12H,9-10,13H2,1-4H3,(H,24,28)(H,25,27,29)(H,30,31,32). The number of hydrogen-bond donors (Lipinski definition) is 3. The molecule has 3 N–H and O–H groups in total. The highest BCUT2D eigenvalue weighted by Gasteiger charge is 2.30. The molecule has 10 nitrogen and oxygen atoms in total. The lowest BCUT2D eigenvalue weighted by atomic mass is 9.84. The molecule has 1 saturated heterocycles. The molecule has 1 aliphatic rings. The highest BCUT2D eigenvalue weighted by molar-refractivity contribution is 7.85. The highest BCUT2D eigenvalue weighted by atomic mass is 32.2. The highest BCUT2D eigenvalue weighted by Crippen LogP contribution is 2.38.